The van der Waals surface area contributed by atoms with E-state index in [4.69, 9.17) is 9.72 Å². The highest BCUT2D eigenvalue weighted by atomic mass is 32.2. The summed E-state index contributed by atoms with van der Waals surface area (Å²) < 4.78 is 22.2. The molecular formula is C29H35FN8O2S. The number of halogens is 1. The number of hydrogen-bond donors (Lipinski definition) is 2. The van der Waals surface area contributed by atoms with Crippen molar-refractivity contribution in [2.24, 2.45) is 7.05 Å². The predicted octanol–water partition coefficient (Wildman–Crippen LogP) is 3.52. The summed E-state index contributed by atoms with van der Waals surface area (Å²) in [6.07, 6.45) is 3.47. The number of anilines is 2. The number of rotatable bonds is 7. The van der Waals surface area contributed by atoms with E-state index < -0.39 is 5.82 Å². The van der Waals surface area contributed by atoms with Crippen molar-refractivity contribution >= 4 is 50.8 Å². The van der Waals surface area contributed by atoms with Gasteiger partial charge in [-0.05, 0) is 38.1 Å². The number of nitrogens with one attached hydrogen (secondary N) is 2. The summed E-state index contributed by atoms with van der Waals surface area (Å²) in [5.41, 5.74) is 2.45. The number of ether oxygens (including phenoxy) is 1. The highest BCUT2D eigenvalue weighted by Crippen LogP contribution is 2.31. The lowest BCUT2D eigenvalue weighted by Crippen LogP contribution is -2.54. The molecule has 0 aliphatic carbocycles. The Morgan fingerprint density at radius 1 is 1.17 bits per heavy atom. The van der Waals surface area contributed by atoms with Gasteiger partial charge >= 0.3 is 6.01 Å². The number of amides is 1. The largest absolute Gasteiger partial charge is 0.462 e. The smallest absolute Gasteiger partial charge is 0.316 e. The highest BCUT2D eigenvalue weighted by Gasteiger charge is 2.25. The van der Waals surface area contributed by atoms with Gasteiger partial charge in [-0.1, -0.05) is 0 Å². The molecule has 12 heteroatoms. The molecule has 2 atom stereocenters. The zero-order chi connectivity index (χ0) is 28.5. The molecule has 10 nitrogen and oxygen atoms in total. The molecule has 2 aliphatic rings. The predicted molar refractivity (Wildman–Crippen MR) is 162 cm³/mol. The molecule has 2 aromatic carbocycles. The third-order valence-corrected chi connectivity index (χ3v) is 8.47. The summed E-state index contributed by atoms with van der Waals surface area (Å²) in [5, 5.41) is 11.9. The number of carbonyl (C=O) groups is 1. The minimum absolute atomic E-state index is 0.236. The van der Waals surface area contributed by atoms with E-state index in [9.17, 15) is 9.18 Å². The fraction of sp³-hybridized carbons (Fsp3) is 0.448. The van der Waals surface area contributed by atoms with Gasteiger partial charge in [-0.2, -0.15) is 21.8 Å². The Hall–Kier alpha value is -3.48. The molecule has 2 saturated heterocycles. The number of fused-ring (bicyclic) bond motifs is 2. The lowest BCUT2D eigenvalue weighted by Gasteiger charge is -2.38. The van der Waals surface area contributed by atoms with Gasteiger partial charge in [0, 0.05) is 97.9 Å². The van der Waals surface area contributed by atoms with Crippen molar-refractivity contribution in [1.29, 1.82) is 0 Å². The Balaban J connectivity index is 1.31. The zero-order valence-corrected chi connectivity index (χ0v) is 24.4. The summed E-state index contributed by atoms with van der Waals surface area (Å²) in [4.78, 5) is 27.6. The van der Waals surface area contributed by atoms with Gasteiger partial charge in [-0.25, -0.2) is 9.37 Å². The molecule has 0 saturated carbocycles. The minimum Gasteiger partial charge on any atom is -0.462 e. The van der Waals surface area contributed by atoms with Crippen molar-refractivity contribution in [2.45, 2.75) is 25.9 Å². The van der Waals surface area contributed by atoms with Crippen LogP contribution in [0.15, 0.2) is 36.7 Å². The van der Waals surface area contributed by atoms with Crippen molar-refractivity contribution in [3.05, 3.63) is 48.0 Å². The van der Waals surface area contributed by atoms with Crippen LogP contribution in [0.2, 0.25) is 0 Å². The van der Waals surface area contributed by atoms with Crippen LogP contribution in [-0.2, 0) is 7.05 Å². The summed E-state index contributed by atoms with van der Waals surface area (Å²) in [6.45, 7) is 9.33. The molecule has 216 valence electrons. The van der Waals surface area contributed by atoms with Crippen LogP contribution in [0.5, 0.6) is 6.01 Å². The van der Waals surface area contributed by atoms with E-state index in [1.807, 2.05) is 17.8 Å². The zero-order valence-electron chi connectivity index (χ0n) is 23.6. The molecule has 2 aromatic heterocycles. The highest BCUT2D eigenvalue weighted by molar-refractivity contribution is 7.99. The standard InChI is InChI=1S/C29H35FN8O2S/c1-18-15-38(16-19(2)32-18)25-5-4-22(28(39)33-21-12-20-17-36(3)35-26(20)24(30)13-21)27-23(25)14-31-29(34-27)40-9-6-37-7-10-41-11-8-37/h4-5,12-14,17-19,32H,6-11,15-16H2,1-3H3,(H,33,39)/t18-,19+. The molecule has 0 spiro atoms. The van der Waals surface area contributed by atoms with Gasteiger partial charge < -0.3 is 20.3 Å². The molecule has 2 N–H and O–H groups in total. The Kier molecular flexibility index (Phi) is 7.96. The molecule has 2 fully saturated rings. The number of carbonyl (C=O) groups excluding carboxylic acids is 1. The van der Waals surface area contributed by atoms with Gasteiger partial charge in [0.25, 0.3) is 5.91 Å². The Bertz CT molecular complexity index is 1560. The Morgan fingerprint density at radius 2 is 1.95 bits per heavy atom. The van der Waals surface area contributed by atoms with Crippen LogP contribution in [0, 0.1) is 5.82 Å². The summed E-state index contributed by atoms with van der Waals surface area (Å²) in [7, 11) is 1.73. The number of piperazine rings is 1. The second-order valence-corrected chi connectivity index (χ2v) is 12.1. The number of nitrogens with zero attached hydrogens (tertiary/aromatic N) is 6. The van der Waals surface area contributed by atoms with Crippen molar-refractivity contribution in [2.75, 3.05) is 61.1 Å². The van der Waals surface area contributed by atoms with Crippen LogP contribution < -0.4 is 20.3 Å². The minimum atomic E-state index is -0.495. The number of benzene rings is 2. The second-order valence-electron chi connectivity index (χ2n) is 10.9. The van der Waals surface area contributed by atoms with Crippen LogP contribution in [-0.4, -0.2) is 93.5 Å². The Morgan fingerprint density at radius 3 is 2.73 bits per heavy atom. The van der Waals surface area contributed by atoms with E-state index in [0.29, 0.717) is 40.8 Å². The first-order chi connectivity index (χ1) is 19.8. The van der Waals surface area contributed by atoms with E-state index in [2.05, 4.69) is 44.4 Å². The van der Waals surface area contributed by atoms with E-state index in [1.165, 1.54) is 6.07 Å². The van der Waals surface area contributed by atoms with Gasteiger partial charge in [-0.3, -0.25) is 14.4 Å². The monoisotopic (exact) mass is 578 g/mol. The number of aromatic nitrogens is 4. The van der Waals surface area contributed by atoms with Gasteiger partial charge in [-0.15, -0.1) is 0 Å². The Labute approximate surface area is 242 Å². The van der Waals surface area contributed by atoms with Crippen LogP contribution in [0.25, 0.3) is 21.8 Å². The molecule has 4 aromatic rings. The first kappa shape index (κ1) is 27.7. The maximum atomic E-state index is 14.7. The first-order valence-corrected chi connectivity index (χ1v) is 15.2. The van der Waals surface area contributed by atoms with Crippen molar-refractivity contribution in [1.82, 2.24) is 30.0 Å². The molecule has 1 amide bonds. The average molecular weight is 579 g/mol. The summed E-state index contributed by atoms with van der Waals surface area (Å²) in [5.74, 6) is 1.39. The van der Waals surface area contributed by atoms with E-state index >= 15 is 0 Å². The molecule has 6 rings (SSSR count). The van der Waals surface area contributed by atoms with Crippen LogP contribution in [0.4, 0.5) is 15.8 Å². The summed E-state index contributed by atoms with van der Waals surface area (Å²) >= 11 is 1.97. The molecule has 0 radical (unpaired) electrons. The second kappa shape index (κ2) is 11.8. The van der Waals surface area contributed by atoms with Gasteiger partial charge in [0.2, 0.25) is 0 Å². The third-order valence-electron chi connectivity index (χ3n) is 7.53. The van der Waals surface area contributed by atoms with E-state index in [0.717, 1.165) is 55.3 Å². The lowest BCUT2D eigenvalue weighted by atomic mass is 10.0. The SMILES string of the molecule is C[C@@H]1CN(c2ccc(C(=O)Nc3cc(F)c4nn(C)cc4c3)c3nc(OCCN4CCSCC4)ncc23)C[C@H](C)N1. The van der Waals surface area contributed by atoms with Crippen LogP contribution in [0.1, 0.15) is 24.2 Å². The normalized spacial score (nSPS) is 20.0. The fourth-order valence-electron chi connectivity index (χ4n) is 5.71. The maximum Gasteiger partial charge on any atom is 0.316 e. The average Bonchev–Trinajstić information content (AvgIpc) is 3.33. The first-order valence-electron chi connectivity index (χ1n) is 14.0. The number of thioether (sulfide) groups is 1. The number of hydrogen-bond acceptors (Lipinski definition) is 9. The molecule has 41 heavy (non-hydrogen) atoms. The molecule has 0 bridgehead atoms. The van der Waals surface area contributed by atoms with Crippen molar-refractivity contribution in [3.8, 4) is 6.01 Å². The van der Waals surface area contributed by atoms with E-state index in [-0.39, 0.29) is 17.4 Å². The van der Waals surface area contributed by atoms with E-state index in [1.54, 1.807) is 36.3 Å². The van der Waals surface area contributed by atoms with Gasteiger partial charge in [0.1, 0.15) is 12.1 Å². The van der Waals surface area contributed by atoms with Gasteiger partial charge in [0.05, 0.1) is 11.1 Å². The van der Waals surface area contributed by atoms with Crippen LogP contribution >= 0.6 is 11.8 Å². The van der Waals surface area contributed by atoms with Gasteiger partial charge in [0.15, 0.2) is 5.82 Å². The molecule has 2 aliphatic heterocycles. The number of aryl methyl sites for hydroxylation is 1. The molecule has 0 unspecified atom stereocenters. The maximum absolute atomic E-state index is 14.7. The topological polar surface area (TPSA) is 100 Å². The quantitative estimate of drug-likeness (QED) is 0.341. The molecular weight excluding hydrogens is 543 g/mol. The molecule has 4 heterocycles. The third kappa shape index (κ3) is 6.09. The fourth-order valence-corrected chi connectivity index (χ4v) is 6.69. The van der Waals surface area contributed by atoms with Crippen LogP contribution in [0.3, 0.4) is 0 Å². The van der Waals surface area contributed by atoms with Crippen molar-refractivity contribution < 1.29 is 13.9 Å². The summed E-state index contributed by atoms with van der Waals surface area (Å²) in [6, 6.07) is 7.59. The lowest BCUT2D eigenvalue weighted by molar-refractivity contribution is 0.102. The van der Waals surface area contributed by atoms with Crippen molar-refractivity contribution in [3.63, 3.8) is 0 Å².